The topological polar surface area (TPSA) is 37.3 Å². The first-order chi connectivity index (χ1) is 6.25. The quantitative estimate of drug-likeness (QED) is 0.710. The number of benzene rings is 1. The maximum absolute atomic E-state index is 10.9. The van der Waals surface area contributed by atoms with Crippen molar-refractivity contribution < 1.29 is 9.90 Å². The van der Waals surface area contributed by atoms with Crippen LogP contribution in [-0.4, -0.2) is 18.4 Å². The van der Waals surface area contributed by atoms with Crippen LogP contribution in [0.4, 0.5) is 0 Å². The second kappa shape index (κ2) is 4.70. The molecule has 0 aliphatic rings. The van der Waals surface area contributed by atoms with Gasteiger partial charge in [-0.25, -0.2) is 0 Å². The highest BCUT2D eigenvalue weighted by Gasteiger charge is 2.18. The summed E-state index contributed by atoms with van der Waals surface area (Å²) in [4.78, 5) is 10.9. The molecule has 1 rings (SSSR count). The van der Waals surface area contributed by atoms with Crippen LogP contribution in [-0.2, 0) is 4.79 Å². The zero-order chi connectivity index (χ0) is 9.68. The number of carbonyl (C=O) groups is 1. The van der Waals surface area contributed by atoms with Crippen molar-refractivity contribution in [1.29, 1.82) is 0 Å². The normalized spacial score (nSPS) is 12.1. The van der Waals surface area contributed by atoms with Gasteiger partial charge in [-0.15, -0.1) is 0 Å². The van der Waals surface area contributed by atoms with Crippen molar-refractivity contribution in [1.82, 2.24) is 0 Å². The molecule has 67 valence electrons. The van der Waals surface area contributed by atoms with Crippen molar-refractivity contribution in [3.8, 4) is 0 Å². The third-order valence-corrected chi connectivity index (χ3v) is 1.90. The third kappa shape index (κ3) is 2.62. The molecule has 0 spiro atoms. The number of rotatable bonds is 4. The summed E-state index contributed by atoms with van der Waals surface area (Å²) >= 11 is 0. The Labute approximate surface area is 78.8 Å². The van der Waals surface area contributed by atoms with Gasteiger partial charge in [0.2, 0.25) is 0 Å². The fourth-order valence-corrected chi connectivity index (χ4v) is 1.28. The summed E-state index contributed by atoms with van der Waals surface area (Å²) in [5.41, 5.74) is 0.844. The lowest BCUT2D eigenvalue weighted by Crippen LogP contribution is -2.17. The highest BCUT2D eigenvalue weighted by atomic mass is 16.4. The summed E-state index contributed by atoms with van der Waals surface area (Å²) in [7, 11) is 1.80. The van der Waals surface area contributed by atoms with E-state index >= 15 is 0 Å². The van der Waals surface area contributed by atoms with E-state index in [9.17, 15) is 4.79 Å². The van der Waals surface area contributed by atoms with Gasteiger partial charge >= 0.3 is 5.97 Å². The molecule has 0 saturated carbocycles. The van der Waals surface area contributed by atoms with Crippen molar-refractivity contribution in [2.24, 2.45) is 0 Å². The maximum atomic E-state index is 10.9. The number of carboxylic acids is 1. The summed E-state index contributed by atoms with van der Waals surface area (Å²) in [5, 5.41) is 8.93. The van der Waals surface area contributed by atoms with Gasteiger partial charge in [-0.3, -0.25) is 4.79 Å². The van der Waals surface area contributed by atoms with Crippen LogP contribution in [0, 0.1) is 0 Å². The molecule has 0 fully saturated rings. The molecule has 0 bridgehead atoms. The van der Waals surface area contributed by atoms with Gasteiger partial charge in [-0.2, -0.15) is 0 Å². The maximum Gasteiger partial charge on any atom is 0.302 e. The van der Waals surface area contributed by atoms with Crippen LogP contribution in [0.2, 0.25) is 6.32 Å². The SMILES string of the molecule is CC[B]C(C(=O)O)c1ccccc1. The van der Waals surface area contributed by atoms with E-state index in [1.807, 2.05) is 37.3 Å². The first-order valence-corrected chi connectivity index (χ1v) is 4.36. The summed E-state index contributed by atoms with van der Waals surface area (Å²) in [6.45, 7) is 1.94. The van der Waals surface area contributed by atoms with E-state index in [1.165, 1.54) is 0 Å². The van der Waals surface area contributed by atoms with Crippen LogP contribution >= 0.6 is 0 Å². The molecule has 0 aliphatic carbocycles. The molecular formula is C10H12BO2. The molecule has 1 N–H and O–H groups in total. The van der Waals surface area contributed by atoms with Crippen molar-refractivity contribution in [2.75, 3.05) is 0 Å². The lowest BCUT2D eigenvalue weighted by molar-refractivity contribution is -0.136. The van der Waals surface area contributed by atoms with Gasteiger partial charge in [-0.05, 0) is 5.56 Å². The Bertz CT molecular complexity index is 272. The average molecular weight is 175 g/mol. The third-order valence-electron chi connectivity index (χ3n) is 1.90. The van der Waals surface area contributed by atoms with Gasteiger partial charge in [0.15, 0.2) is 0 Å². The molecule has 13 heavy (non-hydrogen) atoms. The van der Waals surface area contributed by atoms with E-state index in [0.717, 1.165) is 11.9 Å². The van der Waals surface area contributed by atoms with Crippen LogP contribution in [0.1, 0.15) is 18.3 Å². The minimum Gasteiger partial charge on any atom is -0.481 e. The first kappa shape index (κ1) is 9.84. The number of hydrogen-bond donors (Lipinski definition) is 1. The Kier molecular flexibility index (Phi) is 3.56. The Morgan fingerprint density at radius 1 is 1.46 bits per heavy atom. The van der Waals surface area contributed by atoms with E-state index in [4.69, 9.17) is 5.11 Å². The van der Waals surface area contributed by atoms with Crippen LogP contribution in [0.3, 0.4) is 0 Å². The van der Waals surface area contributed by atoms with Gasteiger partial charge in [0.1, 0.15) is 7.28 Å². The molecule has 0 amide bonds. The molecule has 2 nitrogen and oxygen atoms in total. The molecule has 1 aromatic rings. The minimum atomic E-state index is -0.784. The predicted octanol–water partition coefficient (Wildman–Crippen LogP) is 1.95. The lowest BCUT2D eigenvalue weighted by atomic mass is 9.60. The summed E-state index contributed by atoms with van der Waals surface area (Å²) in [6, 6.07) is 9.27. The molecular weight excluding hydrogens is 163 g/mol. The van der Waals surface area contributed by atoms with E-state index in [-0.39, 0.29) is 0 Å². The molecule has 1 atom stereocenters. The average Bonchev–Trinajstić information content (AvgIpc) is 2.15. The van der Waals surface area contributed by atoms with E-state index in [0.29, 0.717) is 0 Å². The van der Waals surface area contributed by atoms with Gasteiger partial charge in [0.05, 0.1) is 5.82 Å². The second-order valence-corrected chi connectivity index (χ2v) is 2.87. The van der Waals surface area contributed by atoms with Crippen molar-refractivity contribution in [3.63, 3.8) is 0 Å². The van der Waals surface area contributed by atoms with E-state index in [2.05, 4.69) is 0 Å². The van der Waals surface area contributed by atoms with Crippen LogP contribution in [0.25, 0.3) is 0 Å². The number of carboxylic acid groups (broad SMARTS) is 1. The van der Waals surface area contributed by atoms with Crippen LogP contribution in [0.5, 0.6) is 0 Å². The molecule has 0 aromatic heterocycles. The zero-order valence-corrected chi connectivity index (χ0v) is 7.60. The number of hydrogen-bond acceptors (Lipinski definition) is 1. The Morgan fingerprint density at radius 3 is 2.54 bits per heavy atom. The fourth-order valence-electron chi connectivity index (χ4n) is 1.28. The van der Waals surface area contributed by atoms with E-state index < -0.39 is 11.8 Å². The van der Waals surface area contributed by atoms with Crippen LogP contribution < -0.4 is 0 Å². The monoisotopic (exact) mass is 175 g/mol. The standard InChI is InChI=1S/C10H12BO2/c1-2-11-9(10(12)13)8-6-4-3-5-7-8/h3-7,9H,2H2,1H3,(H,12,13). The highest BCUT2D eigenvalue weighted by Crippen LogP contribution is 2.15. The highest BCUT2D eigenvalue weighted by molar-refractivity contribution is 6.43. The predicted molar refractivity (Wildman–Crippen MR) is 53.1 cm³/mol. The van der Waals surface area contributed by atoms with Crippen molar-refractivity contribution in [2.45, 2.75) is 19.1 Å². The number of aliphatic carboxylic acids is 1. The molecule has 0 saturated heterocycles. The molecule has 1 unspecified atom stereocenters. The smallest absolute Gasteiger partial charge is 0.302 e. The first-order valence-electron chi connectivity index (χ1n) is 4.36. The fraction of sp³-hybridized carbons (Fsp3) is 0.300. The molecule has 0 aliphatic heterocycles. The Morgan fingerprint density at radius 2 is 2.08 bits per heavy atom. The van der Waals surface area contributed by atoms with Crippen molar-refractivity contribution >= 4 is 13.2 Å². The summed E-state index contributed by atoms with van der Waals surface area (Å²) in [5.74, 6) is -1.25. The molecule has 3 heteroatoms. The van der Waals surface area contributed by atoms with Crippen LogP contribution in [0.15, 0.2) is 30.3 Å². The zero-order valence-electron chi connectivity index (χ0n) is 7.60. The minimum absolute atomic E-state index is 0.466. The molecule has 0 heterocycles. The Hall–Kier alpha value is -1.25. The summed E-state index contributed by atoms with van der Waals surface area (Å²) in [6.07, 6.45) is 0.770. The molecule has 1 radical (unpaired) electrons. The Balaban J connectivity index is 2.82. The van der Waals surface area contributed by atoms with Gasteiger partial charge in [0.25, 0.3) is 0 Å². The summed E-state index contributed by atoms with van der Waals surface area (Å²) < 4.78 is 0. The van der Waals surface area contributed by atoms with E-state index in [1.54, 1.807) is 7.28 Å². The molecule has 1 aromatic carbocycles. The lowest BCUT2D eigenvalue weighted by Gasteiger charge is -2.09. The van der Waals surface area contributed by atoms with Gasteiger partial charge in [0, 0.05) is 0 Å². The second-order valence-electron chi connectivity index (χ2n) is 2.87. The van der Waals surface area contributed by atoms with Crippen molar-refractivity contribution in [3.05, 3.63) is 35.9 Å². The largest absolute Gasteiger partial charge is 0.481 e. The van der Waals surface area contributed by atoms with Gasteiger partial charge in [-0.1, -0.05) is 43.6 Å². The van der Waals surface area contributed by atoms with Gasteiger partial charge < -0.3 is 5.11 Å².